The average molecular weight is 231 g/mol. The van der Waals surface area contributed by atoms with Gasteiger partial charge >= 0.3 is 7.12 Å². The minimum atomic E-state index is -0.947. The molecular weight excluding hydrogens is 213 g/mol. The number of benzene rings is 1. The predicted octanol–water partition coefficient (Wildman–Crippen LogP) is 1.70. The summed E-state index contributed by atoms with van der Waals surface area (Å²) in [4.78, 5) is 0. The Morgan fingerprint density at radius 3 is 2.24 bits per heavy atom. The largest absolute Gasteiger partial charge is 0.491 e. The molecule has 3 nitrogen and oxygen atoms in total. The summed E-state index contributed by atoms with van der Waals surface area (Å²) >= 11 is 0. The summed E-state index contributed by atoms with van der Waals surface area (Å²) in [5.74, 6) is 0. The van der Waals surface area contributed by atoms with E-state index in [2.05, 4.69) is 20.8 Å². The molecule has 0 saturated heterocycles. The van der Waals surface area contributed by atoms with Gasteiger partial charge in [-0.3, -0.25) is 0 Å². The van der Waals surface area contributed by atoms with Crippen molar-refractivity contribution >= 4 is 12.6 Å². The lowest BCUT2D eigenvalue weighted by atomic mass is 9.77. The second-order valence-corrected chi connectivity index (χ2v) is 5.23. The van der Waals surface area contributed by atoms with E-state index in [9.17, 15) is 5.02 Å². The lowest BCUT2D eigenvalue weighted by Gasteiger charge is -2.28. The van der Waals surface area contributed by atoms with Gasteiger partial charge in [-0.25, -0.2) is 0 Å². The van der Waals surface area contributed by atoms with Gasteiger partial charge in [0.1, 0.15) is 0 Å². The van der Waals surface area contributed by atoms with Crippen LogP contribution in [0.1, 0.15) is 33.3 Å². The molecule has 0 aliphatic rings. The summed E-state index contributed by atoms with van der Waals surface area (Å²) in [5, 5.41) is 18.6. The lowest BCUT2D eigenvalue weighted by Crippen LogP contribution is -2.40. The van der Waals surface area contributed by atoms with Crippen molar-refractivity contribution in [3.05, 3.63) is 29.8 Å². The summed E-state index contributed by atoms with van der Waals surface area (Å²) in [6, 6.07) is 8.79. The maximum absolute atomic E-state index is 9.91. The van der Waals surface area contributed by atoms with Gasteiger partial charge in [0.2, 0.25) is 0 Å². The van der Waals surface area contributed by atoms with Gasteiger partial charge in [0.15, 0.2) is 0 Å². The van der Waals surface area contributed by atoms with E-state index in [0.717, 1.165) is 0 Å². The smallest absolute Gasteiger partial charge is 0.423 e. The highest BCUT2D eigenvalue weighted by Gasteiger charge is 2.26. The van der Waals surface area contributed by atoms with Crippen LogP contribution in [0, 0.1) is 16.7 Å². The van der Waals surface area contributed by atoms with Crippen molar-refractivity contribution in [3.63, 3.8) is 0 Å². The Labute approximate surface area is 103 Å². The van der Waals surface area contributed by atoms with Gasteiger partial charge in [-0.15, -0.1) is 0 Å². The van der Waals surface area contributed by atoms with Crippen LogP contribution in [-0.4, -0.2) is 18.2 Å². The number of hydrogen-bond acceptors (Lipinski definition) is 3. The van der Waals surface area contributed by atoms with Crippen LogP contribution < -0.4 is 5.46 Å². The molecule has 0 bridgehead atoms. The molecule has 0 radical (unpaired) electrons. The van der Waals surface area contributed by atoms with Gasteiger partial charge in [0, 0.05) is 6.10 Å². The second-order valence-electron chi connectivity index (χ2n) is 5.23. The molecular formula is C13H18BNO2. The fourth-order valence-electron chi connectivity index (χ4n) is 1.20. The molecule has 1 rings (SSSR count). The van der Waals surface area contributed by atoms with Crippen LogP contribution in [0.5, 0.6) is 0 Å². The molecule has 4 heteroatoms. The van der Waals surface area contributed by atoms with Gasteiger partial charge in [0.05, 0.1) is 11.6 Å². The molecule has 0 fully saturated rings. The first-order chi connectivity index (χ1) is 7.84. The highest BCUT2D eigenvalue weighted by atomic mass is 16.5. The first-order valence-electron chi connectivity index (χ1n) is 5.68. The Hall–Kier alpha value is -1.31. The van der Waals surface area contributed by atoms with Crippen LogP contribution in [-0.2, 0) is 4.65 Å². The Balaban J connectivity index is 2.70. The maximum Gasteiger partial charge on any atom is 0.491 e. The van der Waals surface area contributed by atoms with E-state index < -0.39 is 7.12 Å². The number of hydrogen-bond donors (Lipinski definition) is 1. The highest BCUT2D eigenvalue weighted by molar-refractivity contribution is 6.60. The lowest BCUT2D eigenvalue weighted by molar-refractivity contribution is 0.0859. The summed E-state index contributed by atoms with van der Waals surface area (Å²) in [7, 11) is -0.947. The zero-order valence-corrected chi connectivity index (χ0v) is 10.8. The molecule has 0 amide bonds. The molecule has 0 aliphatic carbocycles. The third-order valence-electron chi connectivity index (χ3n) is 2.88. The third kappa shape index (κ3) is 3.88. The van der Waals surface area contributed by atoms with E-state index in [1.807, 2.05) is 13.0 Å². The molecule has 0 saturated carbocycles. The van der Waals surface area contributed by atoms with Crippen LogP contribution >= 0.6 is 0 Å². The summed E-state index contributed by atoms with van der Waals surface area (Å²) in [6.07, 6.45) is -0.0619. The van der Waals surface area contributed by atoms with Crippen molar-refractivity contribution in [2.45, 2.75) is 33.8 Å². The minimum absolute atomic E-state index is 0.0203. The van der Waals surface area contributed by atoms with E-state index in [-0.39, 0.29) is 11.5 Å². The first kappa shape index (κ1) is 13.8. The fourth-order valence-corrected chi connectivity index (χ4v) is 1.20. The normalized spacial score (nSPS) is 12.9. The molecule has 1 aromatic rings. The monoisotopic (exact) mass is 231 g/mol. The van der Waals surface area contributed by atoms with Gasteiger partial charge in [-0.05, 0) is 29.9 Å². The molecule has 1 aromatic carbocycles. The van der Waals surface area contributed by atoms with Gasteiger partial charge in [0.25, 0.3) is 0 Å². The zero-order valence-electron chi connectivity index (χ0n) is 10.8. The molecule has 17 heavy (non-hydrogen) atoms. The summed E-state index contributed by atoms with van der Waals surface area (Å²) in [5.41, 5.74) is 1.22. The van der Waals surface area contributed by atoms with Gasteiger partial charge < -0.3 is 9.68 Å². The van der Waals surface area contributed by atoms with Crippen molar-refractivity contribution < 1.29 is 9.68 Å². The molecule has 0 heterocycles. The van der Waals surface area contributed by atoms with Crippen molar-refractivity contribution in [2.24, 2.45) is 5.41 Å². The number of nitriles is 1. The molecule has 0 aromatic heterocycles. The van der Waals surface area contributed by atoms with Crippen molar-refractivity contribution in [1.29, 1.82) is 5.26 Å². The second kappa shape index (κ2) is 5.35. The molecule has 90 valence electrons. The number of nitrogens with zero attached hydrogens (tertiary/aromatic N) is 1. The molecule has 1 N–H and O–H groups in total. The molecule has 0 spiro atoms. The van der Waals surface area contributed by atoms with Crippen LogP contribution in [0.25, 0.3) is 0 Å². The Kier molecular flexibility index (Phi) is 4.33. The standard InChI is InChI=1S/C13H18BNO2/c1-10(13(2,3)4)17-14(16)12-7-5-11(9-15)6-8-12/h5-8,10,16H,1-4H3. The van der Waals surface area contributed by atoms with Crippen molar-refractivity contribution in [1.82, 2.24) is 0 Å². The fraction of sp³-hybridized carbons (Fsp3) is 0.462. The van der Waals surface area contributed by atoms with E-state index in [4.69, 9.17) is 9.92 Å². The molecule has 1 unspecified atom stereocenters. The quantitative estimate of drug-likeness (QED) is 0.805. The Morgan fingerprint density at radius 1 is 1.29 bits per heavy atom. The van der Waals surface area contributed by atoms with Crippen LogP contribution in [0.4, 0.5) is 0 Å². The van der Waals surface area contributed by atoms with Crippen molar-refractivity contribution in [2.75, 3.05) is 0 Å². The summed E-state index contributed by atoms with van der Waals surface area (Å²) < 4.78 is 5.55. The number of rotatable bonds is 3. The van der Waals surface area contributed by atoms with E-state index in [0.29, 0.717) is 11.0 Å². The van der Waals surface area contributed by atoms with E-state index in [1.165, 1.54) is 0 Å². The van der Waals surface area contributed by atoms with Crippen LogP contribution in [0.2, 0.25) is 0 Å². The predicted molar refractivity (Wildman–Crippen MR) is 68.8 cm³/mol. The van der Waals surface area contributed by atoms with Gasteiger partial charge in [-0.2, -0.15) is 5.26 Å². The van der Waals surface area contributed by atoms with E-state index in [1.54, 1.807) is 24.3 Å². The Bertz CT molecular complexity index is 403. The Morgan fingerprint density at radius 2 is 1.82 bits per heavy atom. The molecule has 1 atom stereocenters. The topological polar surface area (TPSA) is 53.2 Å². The first-order valence-corrected chi connectivity index (χ1v) is 5.68. The van der Waals surface area contributed by atoms with E-state index >= 15 is 0 Å². The third-order valence-corrected chi connectivity index (χ3v) is 2.88. The molecule has 0 aliphatic heterocycles. The van der Waals surface area contributed by atoms with Crippen LogP contribution in [0.3, 0.4) is 0 Å². The average Bonchev–Trinajstić information content (AvgIpc) is 2.27. The maximum atomic E-state index is 9.91. The van der Waals surface area contributed by atoms with Crippen molar-refractivity contribution in [3.8, 4) is 6.07 Å². The zero-order chi connectivity index (χ0) is 13.1. The SMILES string of the molecule is CC(OB(O)c1ccc(C#N)cc1)C(C)(C)C. The summed E-state index contributed by atoms with van der Waals surface area (Å²) in [6.45, 7) is 8.11. The minimum Gasteiger partial charge on any atom is -0.423 e. The highest BCUT2D eigenvalue weighted by Crippen LogP contribution is 2.21. The van der Waals surface area contributed by atoms with Gasteiger partial charge in [-0.1, -0.05) is 32.9 Å². The van der Waals surface area contributed by atoms with Crippen LogP contribution in [0.15, 0.2) is 24.3 Å².